The van der Waals surface area contributed by atoms with Crippen LogP contribution in [-0.4, -0.2) is 45.7 Å². The molecule has 1 atom stereocenters. The van der Waals surface area contributed by atoms with Crippen molar-refractivity contribution in [2.45, 2.75) is 71.9 Å². The van der Waals surface area contributed by atoms with E-state index in [-0.39, 0.29) is 11.9 Å². The number of amidine groups is 1. The highest BCUT2D eigenvalue weighted by atomic mass is 16.2. The molecular weight excluding hydrogens is 342 g/mol. The van der Waals surface area contributed by atoms with Crippen LogP contribution in [0.25, 0.3) is 0 Å². The lowest BCUT2D eigenvalue weighted by Crippen LogP contribution is -2.63. The Morgan fingerprint density at radius 2 is 1.85 bits per heavy atom. The third kappa shape index (κ3) is 2.62. The first-order chi connectivity index (χ1) is 12.8. The first-order valence-electron chi connectivity index (χ1n) is 10.1. The van der Waals surface area contributed by atoms with E-state index in [0.29, 0.717) is 24.3 Å². The average Bonchev–Trinajstić information content (AvgIpc) is 3.31. The number of aromatic nitrogens is 2. The second-order valence-electron chi connectivity index (χ2n) is 8.54. The minimum atomic E-state index is -0.517. The second-order valence-corrected chi connectivity index (χ2v) is 8.54. The average molecular weight is 372 g/mol. The number of likely N-dealkylation sites (N-methyl/N-ethyl adjacent to an activating group) is 1. The van der Waals surface area contributed by atoms with Gasteiger partial charge in [0.05, 0.1) is 6.04 Å². The Morgan fingerprint density at radius 3 is 2.48 bits per heavy atom. The molecule has 1 unspecified atom stereocenters. The molecule has 3 amide bonds. The molecule has 7 nitrogen and oxygen atoms in total. The summed E-state index contributed by atoms with van der Waals surface area (Å²) in [5.74, 6) is 1.68. The monoisotopic (exact) mass is 372 g/mol. The van der Waals surface area contributed by atoms with Crippen LogP contribution >= 0.6 is 0 Å². The van der Waals surface area contributed by atoms with Gasteiger partial charge in [-0.3, -0.25) is 14.6 Å². The molecule has 1 saturated heterocycles. The molecule has 0 aromatic carbocycles. The lowest BCUT2D eigenvalue weighted by molar-refractivity contribution is -0.683. The highest BCUT2D eigenvalue weighted by Gasteiger charge is 2.54. The van der Waals surface area contributed by atoms with Crippen LogP contribution in [0.15, 0.2) is 4.99 Å². The summed E-state index contributed by atoms with van der Waals surface area (Å²) in [6, 6.07) is -0.336. The first-order valence-corrected chi connectivity index (χ1v) is 10.1. The van der Waals surface area contributed by atoms with Gasteiger partial charge >= 0.3 is 12.0 Å². The lowest BCUT2D eigenvalue weighted by atomic mass is 10.1. The van der Waals surface area contributed by atoms with Crippen molar-refractivity contribution in [3.05, 3.63) is 11.4 Å². The molecular formula is C20H30N5O2+. The Morgan fingerprint density at radius 1 is 1.19 bits per heavy atom. The van der Waals surface area contributed by atoms with E-state index in [1.54, 1.807) is 11.9 Å². The number of imidazole rings is 1. The van der Waals surface area contributed by atoms with Gasteiger partial charge in [-0.15, -0.1) is 0 Å². The van der Waals surface area contributed by atoms with Crippen molar-refractivity contribution in [1.82, 2.24) is 14.4 Å². The van der Waals surface area contributed by atoms with Crippen molar-refractivity contribution < 1.29 is 14.2 Å². The molecule has 1 aromatic heterocycles. The van der Waals surface area contributed by atoms with Gasteiger partial charge in [-0.05, 0) is 51.9 Å². The van der Waals surface area contributed by atoms with Crippen molar-refractivity contribution in [3.63, 3.8) is 0 Å². The maximum atomic E-state index is 13.3. The summed E-state index contributed by atoms with van der Waals surface area (Å²) in [5.41, 5.74) is 2.25. The molecule has 27 heavy (non-hydrogen) atoms. The molecule has 3 aliphatic rings. The van der Waals surface area contributed by atoms with Gasteiger partial charge in [-0.1, -0.05) is 18.8 Å². The Bertz CT molecular complexity index is 832. The van der Waals surface area contributed by atoms with E-state index in [0.717, 1.165) is 30.9 Å². The smallest absolute Gasteiger partial charge is 0.270 e. The summed E-state index contributed by atoms with van der Waals surface area (Å²) < 4.78 is 4.36. The second kappa shape index (κ2) is 6.46. The number of fused-ring (bicyclic) bond motifs is 3. The van der Waals surface area contributed by atoms with Gasteiger partial charge in [-0.25, -0.2) is 13.9 Å². The largest absolute Gasteiger partial charge is 0.402 e. The minimum absolute atomic E-state index is 0.145. The zero-order chi connectivity index (χ0) is 19.5. The fraction of sp³-hybridized carbons (Fsp3) is 0.700. The molecule has 146 valence electrons. The van der Waals surface area contributed by atoms with Crippen LogP contribution in [0.4, 0.5) is 10.7 Å². The fourth-order valence-corrected chi connectivity index (χ4v) is 4.65. The number of rotatable bonds is 4. The number of urea groups is 1. The predicted molar refractivity (Wildman–Crippen MR) is 102 cm³/mol. The first kappa shape index (κ1) is 18.2. The summed E-state index contributed by atoms with van der Waals surface area (Å²) in [5, 5.41) is 0. The number of aliphatic imine (C=N–C) groups is 1. The molecule has 0 bridgehead atoms. The number of hydrogen-bond acceptors (Lipinski definition) is 3. The number of carbonyl (C=O) groups is 2. The molecule has 0 N–H and O–H groups in total. The molecule has 3 heterocycles. The standard InChI is InChI=1S/C20H30N5O2/c1-12(2)10-11-23-18(26)16-17(22(5)20(23)27)21-19-24(15-8-6-7-9-15)13(3)14(4)25(16)19/h12,15-16H,6-11H2,1-5H3/q+1. The highest BCUT2D eigenvalue weighted by molar-refractivity contribution is 6.19. The van der Waals surface area contributed by atoms with E-state index < -0.39 is 6.04 Å². The normalized spacial score (nSPS) is 22.7. The molecule has 2 aliphatic heterocycles. The summed E-state index contributed by atoms with van der Waals surface area (Å²) in [6.45, 7) is 8.85. The maximum Gasteiger partial charge on any atom is 0.402 e. The zero-order valence-electron chi connectivity index (χ0n) is 17.0. The van der Waals surface area contributed by atoms with Crippen LogP contribution in [-0.2, 0) is 4.79 Å². The van der Waals surface area contributed by atoms with Crippen LogP contribution in [0.5, 0.6) is 0 Å². The molecule has 1 aliphatic carbocycles. The van der Waals surface area contributed by atoms with Gasteiger partial charge in [-0.2, -0.15) is 0 Å². The molecule has 1 saturated carbocycles. The summed E-state index contributed by atoms with van der Waals surface area (Å²) in [4.78, 5) is 33.9. The van der Waals surface area contributed by atoms with Crippen LogP contribution in [0.3, 0.4) is 0 Å². The van der Waals surface area contributed by atoms with Crippen LogP contribution < -0.4 is 4.57 Å². The third-order valence-electron chi connectivity index (χ3n) is 6.38. The van der Waals surface area contributed by atoms with Crippen LogP contribution in [0.2, 0.25) is 0 Å². The Balaban J connectivity index is 1.77. The van der Waals surface area contributed by atoms with E-state index in [2.05, 4.69) is 36.8 Å². The zero-order valence-corrected chi connectivity index (χ0v) is 17.0. The third-order valence-corrected chi connectivity index (χ3v) is 6.38. The Labute approximate surface area is 160 Å². The van der Waals surface area contributed by atoms with E-state index in [4.69, 9.17) is 4.99 Å². The summed E-state index contributed by atoms with van der Waals surface area (Å²) >= 11 is 0. The van der Waals surface area contributed by atoms with Gasteiger partial charge in [0.15, 0.2) is 0 Å². The summed E-state index contributed by atoms with van der Waals surface area (Å²) in [6.07, 6.45) is 5.59. The van der Waals surface area contributed by atoms with Crippen molar-refractivity contribution in [3.8, 4) is 0 Å². The lowest BCUT2D eigenvalue weighted by Gasteiger charge is -2.33. The van der Waals surface area contributed by atoms with Crippen molar-refractivity contribution in [1.29, 1.82) is 0 Å². The van der Waals surface area contributed by atoms with Crippen molar-refractivity contribution in [2.24, 2.45) is 10.9 Å². The van der Waals surface area contributed by atoms with Crippen LogP contribution in [0, 0.1) is 19.8 Å². The molecule has 2 fully saturated rings. The molecule has 1 aromatic rings. The van der Waals surface area contributed by atoms with E-state index in [1.807, 2.05) is 0 Å². The number of hydrogen-bond donors (Lipinski definition) is 0. The number of amides is 3. The van der Waals surface area contributed by atoms with Gasteiger partial charge in [0.25, 0.3) is 5.91 Å². The number of imide groups is 1. The predicted octanol–water partition coefficient (Wildman–Crippen LogP) is 3.03. The van der Waals surface area contributed by atoms with Gasteiger partial charge in [0.1, 0.15) is 11.4 Å². The van der Waals surface area contributed by atoms with Gasteiger partial charge < -0.3 is 0 Å². The van der Waals surface area contributed by atoms with E-state index in [9.17, 15) is 9.59 Å². The van der Waals surface area contributed by atoms with Gasteiger partial charge in [0.2, 0.25) is 11.9 Å². The molecule has 4 rings (SSSR count). The van der Waals surface area contributed by atoms with Gasteiger partial charge in [0, 0.05) is 13.6 Å². The number of carbonyl (C=O) groups excluding carboxylic acids is 2. The maximum absolute atomic E-state index is 13.3. The van der Waals surface area contributed by atoms with E-state index in [1.165, 1.54) is 23.4 Å². The van der Waals surface area contributed by atoms with Crippen molar-refractivity contribution in [2.75, 3.05) is 13.6 Å². The Kier molecular flexibility index (Phi) is 4.35. The minimum Gasteiger partial charge on any atom is -0.270 e. The topological polar surface area (TPSA) is 61.8 Å². The molecule has 0 radical (unpaired) electrons. The number of nitrogens with zero attached hydrogens (tertiary/aromatic N) is 5. The van der Waals surface area contributed by atoms with E-state index >= 15 is 0 Å². The molecule has 0 spiro atoms. The highest BCUT2D eigenvalue weighted by Crippen LogP contribution is 2.38. The molecule has 7 heteroatoms. The quantitative estimate of drug-likeness (QED) is 0.763. The Hall–Kier alpha value is -2.18. The fourth-order valence-electron chi connectivity index (χ4n) is 4.65. The van der Waals surface area contributed by atoms with Crippen LogP contribution in [0.1, 0.15) is 69.4 Å². The summed E-state index contributed by atoms with van der Waals surface area (Å²) in [7, 11) is 1.73. The SMILES string of the molecule is Cc1c(C)[n+]2c(n1C1CCCC1)N=C1C2C(=O)N(CCC(C)C)C(=O)N1C. The van der Waals surface area contributed by atoms with Crippen molar-refractivity contribution >= 4 is 23.7 Å².